The number of hydrogen-bond donors (Lipinski definition) is 2. The van der Waals surface area contributed by atoms with Gasteiger partial charge in [-0.25, -0.2) is 4.98 Å². The summed E-state index contributed by atoms with van der Waals surface area (Å²) in [6.45, 7) is 5.56. The Balaban J connectivity index is 1.56. The maximum atomic E-state index is 5.86. The quantitative estimate of drug-likeness (QED) is 0.601. The predicted octanol–water partition coefficient (Wildman–Crippen LogP) is 2.69. The average molecular weight is 375 g/mol. The van der Waals surface area contributed by atoms with E-state index in [1.807, 2.05) is 6.20 Å². The minimum atomic E-state index is 0.224. The third-order valence-corrected chi connectivity index (χ3v) is 5.24. The molecule has 0 bridgehead atoms. The molecule has 0 saturated heterocycles. The van der Waals surface area contributed by atoms with Crippen LogP contribution in [-0.2, 0) is 19.4 Å². The average Bonchev–Trinajstić information content (AvgIpc) is 3.20. The molecule has 6 nitrogen and oxygen atoms in total. The lowest BCUT2D eigenvalue weighted by Crippen LogP contribution is -2.37. The van der Waals surface area contributed by atoms with Crippen molar-refractivity contribution in [2.24, 2.45) is 4.99 Å². The van der Waals surface area contributed by atoms with Gasteiger partial charge >= 0.3 is 0 Å². The van der Waals surface area contributed by atoms with E-state index in [-0.39, 0.29) is 6.10 Å². The molecule has 26 heavy (non-hydrogen) atoms. The number of aliphatic imine (C=N–C) groups is 1. The molecule has 0 radical (unpaired) electrons. The van der Waals surface area contributed by atoms with E-state index in [9.17, 15) is 0 Å². The van der Waals surface area contributed by atoms with Crippen molar-refractivity contribution in [2.75, 3.05) is 20.7 Å². The van der Waals surface area contributed by atoms with Crippen molar-refractivity contribution in [3.8, 4) is 11.5 Å². The Kier molecular flexibility index (Phi) is 5.98. The van der Waals surface area contributed by atoms with Crippen LogP contribution < -0.4 is 20.1 Å². The number of methoxy groups -OCH3 is 1. The lowest BCUT2D eigenvalue weighted by molar-refractivity contribution is 0.254. The molecular weight excluding hydrogens is 348 g/mol. The molecule has 0 aliphatic carbocycles. The SMILES string of the molecule is CN=C(NCCc1ncc(C)s1)NCc1cc2c(cc1OC)CC(C)O2. The van der Waals surface area contributed by atoms with Gasteiger partial charge < -0.3 is 20.1 Å². The zero-order valence-corrected chi connectivity index (χ0v) is 16.6. The fourth-order valence-electron chi connectivity index (χ4n) is 3.01. The van der Waals surface area contributed by atoms with E-state index in [0.717, 1.165) is 47.4 Å². The number of nitrogens with one attached hydrogen (secondary N) is 2. The highest BCUT2D eigenvalue weighted by Crippen LogP contribution is 2.34. The van der Waals surface area contributed by atoms with Crippen molar-refractivity contribution in [3.05, 3.63) is 39.3 Å². The summed E-state index contributed by atoms with van der Waals surface area (Å²) in [6.07, 6.45) is 3.95. The minimum Gasteiger partial charge on any atom is -0.496 e. The third kappa shape index (κ3) is 4.46. The number of guanidine groups is 1. The number of ether oxygens (including phenoxy) is 2. The minimum absolute atomic E-state index is 0.224. The summed E-state index contributed by atoms with van der Waals surface area (Å²) in [5.74, 6) is 2.59. The van der Waals surface area contributed by atoms with Crippen LogP contribution in [0.4, 0.5) is 0 Å². The van der Waals surface area contributed by atoms with Gasteiger partial charge in [0.25, 0.3) is 0 Å². The monoisotopic (exact) mass is 374 g/mol. The van der Waals surface area contributed by atoms with Crippen LogP contribution in [0.1, 0.15) is 27.9 Å². The Morgan fingerprint density at radius 1 is 1.42 bits per heavy atom. The van der Waals surface area contributed by atoms with Crippen LogP contribution in [0.3, 0.4) is 0 Å². The third-order valence-electron chi connectivity index (χ3n) is 4.27. The summed E-state index contributed by atoms with van der Waals surface area (Å²) < 4.78 is 11.4. The highest BCUT2D eigenvalue weighted by Gasteiger charge is 2.21. The summed E-state index contributed by atoms with van der Waals surface area (Å²) in [7, 11) is 3.47. The maximum absolute atomic E-state index is 5.86. The molecule has 1 aromatic heterocycles. The first kappa shape index (κ1) is 18.5. The van der Waals surface area contributed by atoms with Crippen LogP contribution in [0.2, 0.25) is 0 Å². The number of fused-ring (bicyclic) bond motifs is 1. The van der Waals surface area contributed by atoms with Crippen molar-refractivity contribution in [1.82, 2.24) is 15.6 Å². The molecule has 1 unspecified atom stereocenters. The molecule has 2 aromatic rings. The first-order valence-electron chi connectivity index (χ1n) is 8.81. The summed E-state index contributed by atoms with van der Waals surface area (Å²) in [5.41, 5.74) is 2.26. The molecule has 0 fully saturated rings. The number of benzene rings is 1. The molecule has 2 heterocycles. The zero-order valence-electron chi connectivity index (χ0n) is 15.8. The summed E-state index contributed by atoms with van der Waals surface area (Å²) in [4.78, 5) is 9.91. The molecule has 0 spiro atoms. The van der Waals surface area contributed by atoms with Crippen molar-refractivity contribution < 1.29 is 9.47 Å². The van der Waals surface area contributed by atoms with Crippen molar-refractivity contribution in [3.63, 3.8) is 0 Å². The van der Waals surface area contributed by atoms with Crippen LogP contribution in [0, 0.1) is 6.92 Å². The molecule has 0 amide bonds. The van der Waals surface area contributed by atoms with Gasteiger partial charge in [0.05, 0.1) is 12.1 Å². The van der Waals surface area contributed by atoms with Crippen LogP contribution in [0.5, 0.6) is 11.5 Å². The van der Waals surface area contributed by atoms with Gasteiger partial charge in [0, 0.05) is 55.2 Å². The maximum Gasteiger partial charge on any atom is 0.191 e. The number of thiazole rings is 1. The van der Waals surface area contributed by atoms with Crippen LogP contribution in [0.25, 0.3) is 0 Å². The fraction of sp³-hybridized carbons (Fsp3) is 0.474. The van der Waals surface area contributed by atoms with E-state index >= 15 is 0 Å². The summed E-state index contributed by atoms with van der Waals surface area (Å²) in [6, 6.07) is 4.15. The number of rotatable bonds is 6. The smallest absolute Gasteiger partial charge is 0.191 e. The van der Waals surface area contributed by atoms with E-state index in [4.69, 9.17) is 9.47 Å². The van der Waals surface area contributed by atoms with Gasteiger partial charge in [-0.05, 0) is 26.0 Å². The van der Waals surface area contributed by atoms with Crippen molar-refractivity contribution in [2.45, 2.75) is 39.3 Å². The lowest BCUT2D eigenvalue weighted by atomic mass is 10.1. The van der Waals surface area contributed by atoms with Crippen molar-refractivity contribution >= 4 is 17.3 Å². The second-order valence-electron chi connectivity index (χ2n) is 6.37. The lowest BCUT2D eigenvalue weighted by Gasteiger charge is -2.14. The fourth-order valence-corrected chi connectivity index (χ4v) is 3.80. The van der Waals surface area contributed by atoms with Gasteiger partial charge in [-0.2, -0.15) is 0 Å². The first-order chi connectivity index (χ1) is 12.6. The molecule has 3 rings (SSSR count). The second kappa shape index (κ2) is 8.40. The van der Waals surface area contributed by atoms with Crippen molar-refractivity contribution in [1.29, 1.82) is 0 Å². The molecular formula is C19H26N4O2S. The molecule has 1 aromatic carbocycles. The molecule has 7 heteroatoms. The molecule has 1 aliphatic heterocycles. The van der Waals surface area contributed by atoms with Crippen LogP contribution in [-0.4, -0.2) is 37.7 Å². The number of aryl methyl sites for hydroxylation is 1. The Bertz CT molecular complexity index is 788. The normalized spacial score (nSPS) is 16.2. The predicted molar refractivity (Wildman–Crippen MR) is 106 cm³/mol. The Morgan fingerprint density at radius 2 is 2.27 bits per heavy atom. The number of hydrogen-bond acceptors (Lipinski definition) is 5. The van der Waals surface area contributed by atoms with E-state index < -0.39 is 0 Å². The highest BCUT2D eigenvalue weighted by atomic mass is 32.1. The summed E-state index contributed by atoms with van der Waals surface area (Å²) >= 11 is 1.73. The van der Waals surface area contributed by atoms with Gasteiger partial charge in [-0.15, -0.1) is 11.3 Å². The van der Waals surface area contributed by atoms with Crippen LogP contribution in [0.15, 0.2) is 23.3 Å². The molecule has 140 valence electrons. The molecule has 1 aliphatic rings. The Labute approximate surface area is 158 Å². The van der Waals surface area contributed by atoms with Gasteiger partial charge in [0.1, 0.15) is 17.6 Å². The van der Waals surface area contributed by atoms with Gasteiger partial charge in [0.2, 0.25) is 0 Å². The van der Waals surface area contributed by atoms with E-state index in [1.54, 1.807) is 25.5 Å². The van der Waals surface area contributed by atoms with Gasteiger partial charge in [0.15, 0.2) is 5.96 Å². The standard InChI is InChI=1S/C19H26N4O2S/c1-12-7-14-8-16(24-4)15(9-17(14)25-12)11-23-19(20-3)21-6-5-18-22-10-13(2)26-18/h8-10,12H,5-7,11H2,1-4H3,(H2,20,21,23). The van der Waals surface area contributed by atoms with E-state index in [1.165, 1.54) is 10.4 Å². The molecule has 2 N–H and O–H groups in total. The second-order valence-corrected chi connectivity index (χ2v) is 7.69. The molecule has 0 saturated carbocycles. The Morgan fingerprint density at radius 3 is 2.96 bits per heavy atom. The van der Waals surface area contributed by atoms with E-state index in [2.05, 4.69) is 46.6 Å². The van der Waals surface area contributed by atoms with E-state index in [0.29, 0.717) is 6.54 Å². The first-order valence-corrected chi connectivity index (χ1v) is 9.63. The van der Waals surface area contributed by atoms with Crippen LogP contribution >= 0.6 is 11.3 Å². The number of aromatic nitrogens is 1. The molecule has 1 atom stereocenters. The summed E-state index contributed by atoms with van der Waals surface area (Å²) in [5, 5.41) is 7.80. The zero-order chi connectivity index (χ0) is 18.5. The largest absolute Gasteiger partial charge is 0.496 e. The topological polar surface area (TPSA) is 67.8 Å². The van der Waals surface area contributed by atoms with Gasteiger partial charge in [-0.1, -0.05) is 0 Å². The highest BCUT2D eigenvalue weighted by molar-refractivity contribution is 7.11. The Hall–Kier alpha value is -2.28. The van der Waals surface area contributed by atoms with Gasteiger partial charge in [-0.3, -0.25) is 4.99 Å². The number of nitrogens with zero attached hydrogens (tertiary/aromatic N) is 2.